The van der Waals surface area contributed by atoms with Gasteiger partial charge in [0.15, 0.2) is 0 Å². The molecule has 2 amide bonds. The minimum absolute atomic E-state index is 0.0526. The van der Waals surface area contributed by atoms with Crippen LogP contribution in [-0.2, 0) is 11.3 Å². The molecule has 7 heteroatoms. The lowest BCUT2D eigenvalue weighted by Gasteiger charge is -2.32. The van der Waals surface area contributed by atoms with Crippen LogP contribution in [0.1, 0.15) is 61.3 Å². The normalized spacial score (nSPS) is 17.4. The van der Waals surface area contributed by atoms with Gasteiger partial charge in [0.2, 0.25) is 5.91 Å². The van der Waals surface area contributed by atoms with Gasteiger partial charge < -0.3 is 10.6 Å². The van der Waals surface area contributed by atoms with Crippen LogP contribution in [0.2, 0.25) is 0 Å². The zero-order valence-electron chi connectivity index (χ0n) is 18.0. The molecule has 0 saturated carbocycles. The van der Waals surface area contributed by atoms with Crippen molar-refractivity contribution in [1.82, 2.24) is 25.5 Å². The molecule has 2 aromatic rings. The number of rotatable bonds is 6. The van der Waals surface area contributed by atoms with Crippen molar-refractivity contribution in [2.45, 2.75) is 51.6 Å². The Morgan fingerprint density at radius 2 is 2.00 bits per heavy atom. The number of carbonyl (C=O) groups excluding carboxylic acids is 2. The number of carbonyl (C=O) groups is 2. The lowest BCUT2D eigenvalue weighted by atomic mass is 9.94. The van der Waals surface area contributed by atoms with Crippen LogP contribution < -0.4 is 10.6 Å². The summed E-state index contributed by atoms with van der Waals surface area (Å²) in [6.45, 7) is 8.48. The minimum Gasteiger partial charge on any atom is -0.350 e. The summed E-state index contributed by atoms with van der Waals surface area (Å²) in [5.41, 5.74) is 2.22. The number of nitrogens with one attached hydrogen (secondary N) is 2. The first-order valence-electron chi connectivity index (χ1n) is 10.5. The first kappa shape index (κ1) is 21.9. The third-order valence-corrected chi connectivity index (χ3v) is 5.01. The summed E-state index contributed by atoms with van der Waals surface area (Å²) in [4.78, 5) is 35.6. The Morgan fingerprint density at radius 1 is 1.17 bits per heavy atom. The van der Waals surface area contributed by atoms with Crippen LogP contribution in [0, 0.1) is 0 Å². The Labute approximate surface area is 178 Å². The molecule has 30 heavy (non-hydrogen) atoms. The Kier molecular flexibility index (Phi) is 7.15. The van der Waals surface area contributed by atoms with Crippen LogP contribution in [-0.4, -0.2) is 51.9 Å². The van der Waals surface area contributed by atoms with Gasteiger partial charge in [0, 0.05) is 42.6 Å². The SMILES string of the molecule is CC(C)(C)NC(=O)CNC(=O)c1ccc(C2CCCN(Cc3ccccn3)C2)nc1. The molecule has 0 radical (unpaired) electrons. The van der Waals surface area contributed by atoms with Crippen LogP contribution in [0.15, 0.2) is 42.7 Å². The van der Waals surface area contributed by atoms with Gasteiger partial charge in [-0.25, -0.2) is 0 Å². The molecule has 1 saturated heterocycles. The second kappa shape index (κ2) is 9.80. The van der Waals surface area contributed by atoms with E-state index in [1.165, 1.54) is 0 Å². The van der Waals surface area contributed by atoms with E-state index >= 15 is 0 Å². The van der Waals surface area contributed by atoms with Crippen molar-refractivity contribution in [3.05, 3.63) is 59.7 Å². The summed E-state index contributed by atoms with van der Waals surface area (Å²) < 4.78 is 0. The van der Waals surface area contributed by atoms with Gasteiger partial charge in [-0.1, -0.05) is 6.07 Å². The molecular formula is C23H31N5O2. The van der Waals surface area contributed by atoms with Gasteiger partial charge in [-0.3, -0.25) is 24.5 Å². The van der Waals surface area contributed by atoms with E-state index in [1.807, 2.05) is 45.2 Å². The number of aromatic nitrogens is 2. The fourth-order valence-corrected chi connectivity index (χ4v) is 3.67. The van der Waals surface area contributed by atoms with E-state index in [1.54, 1.807) is 12.3 Å². The van der Waals surface area contributed by atoms with E-state index in [4.69, 9.17) is 0 Å². The maximum atomic E-state index is 12.3. The molecule has 0 bridgehead atoms. The van der Waals surface area contributed by atoms with Gasteiger partial charge in [-0.05, 0) is 64.4 Å². The van der Waals surface area contributed by atoms with Gasteiger partial charge in [0.05, 0.1) is 17.8 Å². The molecule has 1 fully saturated rings. The molecule has 3 heterocycles. The molecule has 1 aliphatic rings. The molecule has 0 spiro atoms. The highest BCUT2D eigenvalue weighted by molar-refractivity contribution is 5.96. The number of hydrogen-bond donors (Lipinski definition) is 2. The first-order chi connectivity index (χ1) is 14.3. The van der Waals surface area contributed by atoms with Crippen LogP contribution in [0.5, 0.6) is 0 Å². The van der Waals surface area contributed by atoms with E-state index in [2.05, 4.69) is 31.6 Å². The number of amides is 2. The zero-order valence-corrected chi connectivity index (χ0v) is 18.0. The van der Waals surface area contributed by atoms with Gasteiger partial charge >= 0.3 is 0 Å². The Hall–Kier alpha value is -2.80. The summed E-state index contributed by atoms with van der Waals surface area (Å²) in [6, 6.07) is 9.72. The third kappa shape index (κ3) is 6.62. The first-order valence-corrected chi connectivity index (χ1v) is 10.5. The lowest BCUT2D eigenvalue weighted by molar-refractivity contribution is -0.121. The number of piperidine rings is 1. The van der Waals surface area contributed by atoms with Gasteiger partial charge in [-0.2, -0.15) is 0 Å². The summed E-state index contributed by atoms with van der Waals surface area (Å²) in [6.07, 6.45) is 5.63. The number of pyridine rings is 2. The number of nitrogens with zero attached hydrogens (tertiary/aromatic N) is 3. The zero-order chi connectivity index (χ0) is 21.6. The Bertz CT molecular complexity index is 846. The second-order valence-electron chi connectivity index (χ2n) is 8.85. The van der Waals surface area contributed by atoms with Crippen molar-refractivity contribution in [3.8, 4) is 0 Å². The summed E-state index contributed by atoms with van der Waals surface area (Å²) >= 11 is 0. The standard InChI is InChI=1S/C23H31N5O2/c1-23(2,3)27-21(29)14-26-22(30)17-9-10-20(25-13-17)18-7-6-12-28(15-18)16-19-8-4-5-11-24-19/h4-5,8-11,13,18H,6-7,12,14-16H2,1-3H3,(H,26,30)(H,27,29). The van der Waals surface area contributed by atoms with Crippen molar-refractivity contribution >= 4 is 11.8 Å². The molecule has 0 aromatic carbocycles. The molecule has 160 valence electrons. The van der Waals surface area contributed by atoms with Crippen molar-refractivity contribution in [2.75, 3.05) is 19.6 Å². The fourth-order valence-electron chi connectivity index (χ4n) is 3.67. The topological polar surface area (TPSA) is 87.2 Å². The van der Waals surface area contributed by atoms with Crippen LogP contribution in [0.25, 0.3) is 0 Å². The Balaban J connectivity index is 1.53. The number of hydrogen-bond acceptors (Lipinski definition) is 5. The van der Waals surface area contributed by atoms with Crippen molar-refractivity contribution in [1.29, 1.82) is 0 Å². The van der Waals surface area contributed by atoms with E-state index in [-0.39, 0.29) is 23.9 Å². The van der Waals surface area contributed by atoms with E-state index in [9.17, 15) is 9.59 Å². The van der Waals surface area contributed by atoms with Crippen molar-refractivity contribution in [2.24, 2.45) is 0 Å². The maximum Gasteiger partial charge on any atom is 0.253 e. The van der Waals surface area contributed by atoms with Gasteiger partial charge in [0.25, 0.3) is 5.91 Å². The average Bonchev–Trinajstić information content (AvgIpc) is 2.72. The molecule has 7 nitrogen and oxygen atoms in total. The van der Waals surface area contributed by atoms with E-state index in [0.717, 1.165) is 43.9 Å². The highest BCUT2D eigenvalue weighted by Crippen LogP contribution is 2.26. The molecule has 1 unspecified atom stereocenters. The second-order valence-corrected chi connectivity index (χ2v) is 8.85. The van der Waals surface area contributed by atoms with E-state index < -0.39 is 0 Å². The quantitative estimate of drug-likeness (QED) is 0.765. The largest absolute Gasteiger partial charge is 0.350 e. The molecule has 0 aliphatic carbocycles. The van der Waals surface area contributed by atoms with Gasteiger partial charge in [0.1, 0.15) is 0 Å². The predicted octanol–water partition coefficient (Wildman–Crippen LogP) is 2.50. The fraction of sp³-hybridized carbons (Fsp3) is 0.478. The average molecular weight is 410 g/mol. The maximum absolute atomic E-state index is 12.3. The van der Waals surface area contributed by atoms with Crippen LogP contribution >= 0.6 is 0 Å². The number of likely N-dealkylation sites (tertiary alicyclic amines) is 1. The molecule has 1 aliphatic heterocycles. The van der Waals surface area contributed by atoms with Crippen LogP contribution in [0.4, 0.5) is 0 Å². The monoisotopic (exact) mass is 409 g/mol. The molecular weight excluding hydrogens is 378 g/mol. The molecule has 2 aromatic heterocycles. The summed E-state index contributed by atoms with van der Waals surface area (Å²) in [7, 11) is 0. The molecule has 1 atom stereocenters. The summed E-state index contributed by atoms with van der Waals surface area (Å²) in [5, 5.41) is 5.47. The highest BCUT2D eigenvalue weighted by atomic mass is 16.2. The lowest BCUT2D eigenvalue weighted by Crippen LogP contribution is -2.45. The molecule has 3 rings (SSSR count). The minimum atomic E-state index is -0.324. The van der Waals surface area contributed by atoms with E-state index in [0.29, 0.717) is 11.5 Å². The Morgan fingerprint density at radius 3 is 2.67 bits per heavy atom. The smallest absolute Gasteiger partial charge is 0.253 e. The highest BCUT2D eigenvalue weighted by Gasteiger charge is 2.23. The summed E-state index contributed by atoms with van der Waals surface area (Å²) in [5.74, 6) is -0.161. The third-order valence-electron chi connectivity index (χ3n) is 5.01. The van der Waals surface area contributed by atoms with Gasteiger partial charge in [-0.15, -0.1) is 0 Å². The predicted molar refractivity (Wildman–Crippen MR) is 116 cm³/mol. The molecule has 2 N–H and O–H groups in total. The van der Waals surface area contributed by atoms with Crippen molar-refractivity contribution < 1.29 is 9.59 Å². The van der Waals surface area contributed by atoms with Crippen molar-refractivity contribution in [3.63, 3.8) is 0 Å². The van der Waals surface area contributed by atoms with Crippen LogP contribution in [0.3, 0.4) is 0 Å².